The van der Waals surface area contributed by atoms with Crippen LogP contribution in [0.2, 0.25) is 0 Å². The van der Waals surface area contributed by atoms with Crippen molar-refractivity contribution in [1.29, 1.82) is 0 Å². The number of carbonyl (C=O) groups is 1. The Morgan fingerprint density at radius 2 is 1.95 bits per heavy atom. The molecule has 106 valence electrons. The minimum Gasteiger partial charge on any atom is -0.478 e. The SMILES string of the molecule is Cc1cc2ccccc2n1Cc1ccc(F)c(C(=O)O)c1. The highest BCUT2D eigenvalue weighted by atomic mass is 19.1. The van der Waals surface area contributed by atoms with Crippen molar-refractivity contribution >= 4 is 16.9 Å². The van der Waals surface area contributed by atoms with Crippen LogP contribution >= 0.6 is 0 Å². The standard InChI is InChI=1S/C17H14FNO2/c1-11-8-13-4-2-3-5-16(13)19(11)10-12-6-7-15(18)14(9-12)17(20)21/h2-9H,10H2,1H3,(H,20,21). The Morgan fingerprint density at radius 1 is 1.19 bits per heavy atom. The van der Waals surface area contributed by atoms with Crippen LogP contribution in [0, 0.1) is 12.7 Å². The Bertz CT molecular complexity index is 836. The third-order valence-corrected chi connectivity index (χ3v) is 3.62. The molecule has 0 amide bonds. The van der Waals surface area contributed by atoms with Crippen molar-refractivity contribution in [2.45, 2.75) is 13.5 Å². The Kier molecular flexibility index (Phi) is 3.22. The van der Waals surface area contributed by atoms with Gasteiger partial charge in [-0.2, -0.15) is 0 Å². The summed E-state index contributed by atoms with van der Waals surface area (Å²) < 4.78 is 15.5. The zero-order chi connectivity index (χ0) is 15.0. The zero-order valence-electron chi connectivity index (χ0n) is 11.5. The monoisotopic (exact) mass is 283 g/mol. The van der Waals surface area contributed by atoms with Gasteiger partial charge < -0.3 is 9.67 Å². The number of aromatic carboxylic acids is 1. The number of benzene rings is 2. The summed E-state index contributed by atoms with van der Waals surface area (Å²) in [5, 5.41) is 10.1. The molecular weight excluding hydrogens is 269 g/mol. The summed E-state index contributed by atoms with van der Waals surface area (Å²) in [7, 11) is 0. The minimum absolute atomic E-state index is 0.290. The van der Waals surface area contributed by atoms with E-state index in [9.17, 15) is 9.18 Å². The summed E-state index contributed by atoms with van der Waals surface area (Å²) >= 11 is 0. The Hall–Kier alpha value is -2.62. The van der Waals surface area contributed by atoms with Gasteiger partial charge in [0.15, 0.2) is 0 Å². The second-order valence-electron chi connectivity index (χ2n) is 5.05. The molecule has 0 radical (unpaired) electrons. The third kappa shape index (κ3) is 2.40. The van der Waals surface area contributed by atoms with Crippen LogP contribution in [0.3, 0.4) is 0 Å². The molecule has 0 unspecified atom stereocenters. The van der Waals surface area contributed by atoms with Crippen molar-refractivity contribution in [3.8, 4) is 0 Å². The largest absolute Gasteiger partial charge is 0.478 e. The second kappa shape index (κ2) is 5.05. The van der Waals surface area contributed by atoms with E-state index in [-0.39, 0.29) is 5.56 Å². The van der Waals surface area contributed by atoms with Crippen LogP contribution in [0.1, 0.15) is 21.6 Å². The average Bonchev–Trinajstić information content (AvgIpc) is 2.77. The van der Waals surface area contributed by atoms with Crippen molar-refractivity contribution < 1.29 is 14.3 Å². The van der Waals surface area contributed by atoms with E-state index in [1.54, 1.807) is 6.07 Å². The molecule has 3 aromatic rings. The van der Waals surface area contributed by atoms with E-state index in [2.05, 4.69) is 10.6 Å². The first-order valence-corrected chi connectivity index (χ1v) is 6.63. The molecule has 0 aliphatic carbocycles. The lowest BCUT2D eigenvalue weighted by Gasteiger charge is -2.09. The molecule has 0 bridgehead atoms. The van der Waals surface area contributed by atoms with Gasteiger partial charge in [0.25, 0.3) is 0 Å². The van der Waals surface area contributed by atoms with Gasteiger partial charge in [-0.1, -0.05) is 24.3 Å². The van der Waals surface area contributed by atoms with Gasteiger partial charge in [0.1, 0.15) is 5.82 Å². The summed E-state index contributed by atoms with van der Waals surface area (Å²) in [5.74, 6) is -1.95. The lowest BCUT2D eigenvalue weighted by Crippen LogP contribution is -2.05. The predicted molar refractivity (Wildman–Crippen MR) is 79.1 cm³/mol. The van der Waals surface area contributed by atoms with Crippen LogP contribution in [-0.4, -0.2) is 15.6 Å². The number of aryl methyl sites for hydroxylation is 1. The number of hydrogen-bond donors (Lipinski definition) is 1. The fraction of sp³-hybridized carbons (Fsp3) is 0.118. The van der Waals surface area contributed by atoms with Gasteiger partial charge in [-0.05, 0) is 42.1 Å². The van der Waals surface area contributed by atoms with E-state index < -0.39 is 11.8 Å². The van der Waals surface area contributed by atoms with Crippen LogP contribution in [0.4, 0.5) is 4.39 Å². The molecule has 0 atom stereocenters. The Labute approximate surface area is 121 Å². The van der Waals surface area contributed by atoms with Gasteiger partial charge in [0, 0.05) is 17.8 Å². The molecule has 3 rings (SSSR count). The molecule has 0 aliphatic rings. The highest BCUT2D eigenvalue weighted by molar-refractivity contribution is 5.88. The van der Waals surface area contributed by atoms with E-state index in [1.807, 2.05) is 31.2 Å². The van der Waals surface area contributed by atoms with Crippen molar-refractivity contribution in [2.75, 3.05) is 0 Å². The first-order chi connectivity index (χ1) is 10.1. The molecule has 1 aromatic heterocycles. The van der Waals surface area contributed by atoms with Gasteiger partial charge in [0.05, 0.1) is 5.56 Å². The quantitative estimate of drug-likeness (QED) is 0.793. The molecule has 21 heavy (non-hydrogen) atoms. The van der Waals surface area contributed by atoms with Crippen LogP contribution < -0.4 is 0 Å². The Morgan fingerprint density at radius 3 is 2.71 bits per heavy atom. The van der Waals surface area contributed by atoms with Gasteiger partial charge in [-0.15, -0.1) is 0 Å². The van der Waals surface area contributed by atoms with E-state index in [4.69, 9.17) is 5.11 Å². The van der Waals surface area contributed by atoms with E-state index in [1.165, 1.54) is 12.1 Å². The van der Waals surface area contributed by atoms with Gasteiger partial charge in [-0.25, -0.2) is 9.18 Å². The fourth-order valence-corrected chi connectivity index (χ4v) is 2.58. The molecule has 0 saturated carbocycles. The average molecular weight is 283 g/mol. The molecule has 1 N–H and O–H groups in total. The molecule has 0 fully saturated rings. The number of fused-ring (bicyclic) bond motifs is 1. The van der Waals surface area contributed by atoms with Crippen molar-refractivity contribution in [3.05, 3.63) is 71.2 Å². The minimum atomic E-state index is -1.25. The maximum atomic E-state index is 13.4. The smallest absolute Gasteiger partial charge is 0.338 e. The molecule has 2 aromatic carbocycles. The lowest BCUT2D eigenvalue weighted by atomic mass is 10.1. The van der Waals surface area contributed by atoms with Crippen LogP contribution in [0.5, 0.6) is 0 Å². The predicted octanol–water partition coefficient (Wildman–Crippen LogP) is 3.84. The van der Waals surface area contributed by atoms with Crippen molar-refractivity contribution in [2.24, 2.45) is 0 Å². The van der Waals surface area contributed by atoms with E-state index in [0.29, 0.717) is 6.54 Å². The van der Waals surface area contributed by atoms with Crippen molar-refractivity contribution in [1.82, 2.24) is 4.57 Å². The first-order valence-electron chi connectivity index (χ1n) is 6.63. The van der Waals surface area contributed by atoms with Gasteiger partial charge in [-0.3, -0.25) is 0 Å². The number of hydrogen-bond acceptors (Lipinski definition) is 1. The number of halogens is 1. The number of carboxylic acids is 1. The van der Waals surface area contributed by atoms with Crippen molar-refractivity contribution in [3.63, 3.8) is 0 Å². The molecule has 0 aliphatic heterocycles. The summed E-state index contributed by atoms with van der Waals surface area (Å²) in [5.41, 5.74) is 2.63. The van der Waals surface area contributed by atoms with Crippen LogP contribution in [0.15, 0.2) is 48.5 Å². The number of para-hydroxylation sites is 1. The molecule has 4 heteroatoms. The fourth-order valence-electron chi connectivity index (χ4n) is 2.58. The van der Waals surface area contributed by atoms with Gasteiger partial charge >= 0.3 is 5.97 Å². The maximum absolute atomic E-state index is 13.4. The Balaban J connectivity index is 2.05. The maximum Gasteiger partial charge on any atom is 0.338 e. The highest BCUT2D eigenvalue weighted by Gasteiger charge is 2.12. The summed E-state index contributed by atoms with van der Waals surface area (Å²) in [6.45, 7) is 2.52. The normalized spacial score (nSPS) is 11.0. The topological polar surface area (TPSA) is 42.2 Å². The summed E-state index contributed by atoms with van der Waals surface area (Å²) in [6, 6.07) is 14.3. The first kappa shape index (κ1) is 13.4. The zero-order valence-corrected chi connectivity index (χ0v) is 11.5. The molecular formula is C17H14FNO2. The summed E-state index contributed by atoms with van der Waals surface area (Å²) in [6.07, 6.45) is 0. The number of aromatic nitrogens is 1. The number of carboxylic acid groups (broad SMARTS) is 1. The van der Waals surface area contributed by atoms with Crippen LogP contribution in [-0.2, 0) is 6.54 Å². The highest BCUT2D eigenvalue weighted by Crippen LogP contribution is 2.21. The summed E-state index contributed by atoms with van der Waals surface area (Å²) in [4.78, 5) is 11.0. The lowest BCUT2D eigenvalue weighted by molar-refractivity contribution is 0.0691. The van der Waals surface area contributed by atoms with E-state index >= 15 is 0 Å². The van der Waals surface area contributed by atoms with Gasteiger partial charge in [0.2, 0.25) is 0 Å². The number of rotatable bonds is 3. The van der Waals surface area contributed by atoms with E-state index in [0.717, 1.165) is 22.2 Å². The third-order valence-electron chi connectivity index (χ3n) is 3.62. The number of nitrogens with zero attached hydrogens (tertiary/aromatic N) is 1. The molecule has 0 saturated heterocycles. The molecule has 0 spiro atoms. The molecule has 1 heterocycles. The second-order valence-corrected chi connectivity index (χ2v) is 5.05. The molecule has 3 nitrogen and oxygen atoms in total. The van der Waals surface area contributed by atoms with Crippen LogP contribution in [0.25, 0.3) is 10.9 Å².